The molecule has 102 valence electrons. The predicted octanol–water partition coefficient (Wildman–Crippen LogP) is 3.92. The van der Waals surface area contributed by atoms with Gasteiger partial charge in [-0.15, -0.1) is 0 Å². The highest BCUT2D eigenvalue weighted by Crippen LogP contribution is 2.43. The van der Waals surface area contributed by atoms with Gasteiger partial charge in [0.15, 0.2) is 11.5 Å². The predicted molar refractivity (Wildman–Crippen MR) is 79.4 cm³/mol. The van der Waals surface area contributed by atoms with Crippen molar-refractivity contribution in [3.8, 4) is 17.6 Å². The van der Waals surface area contributed by atoms with Gasteiger partial charge in [0.25, 0.3) is 0 Å². The van der Waals surface area contributed by atoms with Crippen molar-refractivity contribution in [2.24, 2.45) is 0 Å². The Morgan fingerprint density at radius 3 is 2.40 bits per heavy atom. The number of hydrogen-bond donors (Lipinski definition) is 0. The lowest BCUT2D eigenvalue weighted by atomic mass is 10.1. The van der Waals surface area contributed by atoms with Crippen LogP contribution in [0.25, 0.3) is 0 Å². The summed E-state index contributed by atoms with van der Waals surface area (Å²) in [7, 11) is 3.22. The number of hydrogen-bond acceptors (Lipinski definition) is 4. The second kappa shape index (κ2) is 6.88. The maximum atomic E-state index is 8.97. The molecule has 0 unspecified atom stereocenters. The van der Waals surface area contributed by atoms with Gasteiger partial charge in [-0.1, -0.05) is 36.0 Å². The minimum absolute atomic E-state index is 0.343. The Morgan fingerprint density at radius 1 is 1.05 bits per heavy atom. The molecule has 2 aromatic carbocycles. The molecule has 20 heavy (non-hydrogen) atoms. The SMILES string of the molecule is COc1ccc(CC#N)c(Sc2ccccc2)c1OC. The zero-order valence-electron chi connectivity index (χ0n) is 11.4. The van der Waals surface area contributed by atoms with Crippen LogP contribution in [0, 0.1) is 11.3 Å². The fourth-order valence-corrected chi connectivity index (χ4v) is 2.96. The molecule has 0 aliphatic rings. The van der Waals surface area contributed by atoms with Crippen LogP contribution < -0.4 is 9.47 Å². The Labute approximate surface area is 123 Å². The van der Waals surface area contributed by atoms with Crippen LogP contribution in [0.3, 0.4) is 0 Å². The summed E-state index contributed by atoms with van der Waals surface area (Å²) in [4.78, 5) is 2.03. The van der Waals surface area contributed by atoms with Gasteiger partial charge in [-0.05, 0) is 23.8 Å². The zero-order valence-corrected chi connectivity index (χ0v) is 12.2. The van der Waals surface area contributed by atoms with Crippen molar-refractivity contribution in [1.29, 1.82) is 5.26 Å². The summed E-state index contributed by atoms with van der Waals surface area (Å²) >= 11 is 1.58. The van der Waals surface area contributed by atoms with E-state index in [0.717, 1.165) is 15.4 Å². The maximum Gasteiger partial charge on any atom is 0.174 e. The van der Waals surface area contributed by atoms with Crippen LogP contribution in [0.5, 0.6) is 11.5 Å². The van der Waals surface area contributed by atoms with Crippen LogP contribution in [0.1, 0.15) is 5.56 Å². The number of benzene rings is 2. The van der Waals surface area contributed by atoms with E-state index in [1.807, 2.05) is 42.5 Å². The van der Waals surface area contributed by atoms with E-state index in [-0.39, 0.29) is 0 Å². The van der Waals surface area contributed by atoms with Crippen LogP contribution >= 0.6 is 11.8 Å². The Balaban J connectivity index is 2.49. The number of rotatable bonds is 5. The summed E-state index contributed by atoms with van der Waals surface area (Å²) in [5.41, 5.74) is 0.944. The molecule has 4 heteroatoms. The summed E-state index contributed by atoms with van der Waals surface area (Å²) in [6, 6.07) is 15.9. The molecule has 0 heterocycles. The molecule has 0 saturated carbocycles. The molecule has 0 amide bonds. The molecule has 2 rings (SSSR count). The molecular formula is C16H15NO2S. The van der Waals surface area contributed by atoms with E-state index >= 15 is 0 Å². The summed E-state index contributed by atoms with van der Waals surface area (Å²) < 4.78 is 10.8. The van der Waals surface area contributed by atoms with E-state index in [1.54, 1.807) is 26.0 Å². The molecule has 0 atom stereocenters. The zero-order chi connectivity index (χ0) is 14.4. The van der Waals surface area contributed by atoms with Crippen LogP contribution in [0.4, 0.5) is 0 Å². The molecule has 0 aliphatic heterocycles. The highest BCUT2D eigenvalue weighted by Gasteiger charge is 2.16. The lowest BCUT2D eigenvalue weighted by Crippen LogP contribution is -1.96. The van der Waals surface area contributed by atoms with Gasteiger partial charge in [0, 0.05) is 4.90 Å². The van der Waals surface area contributed by atoms with Crippen LogP contribution in [0.2, 0.25) is 0 Å². The molecule has 0 N–H and O–H groups in total. The molecule has 0 radical (unpaired) electrons. The third-order valence-corrected chi connectivity index (χ3v) is 3.97. The van der Waals surface area contributed by atoms with Crippen molar-refractivity contribution in [3.63, 3.8) is 0 Å². The second-order valence-corrected chi connectivity index (χ2v) is 5.12. The Morgan fingerprint density at radius 2 is 1.80 bits per heavy atom. The average molecular weight is 285 g/mol. The van der Waals surface area contributed by atoms with Crippen molar-refractivity contribution >= 4 is 11.8 Å². The van der Waals surface area contributed by atoms with E-state index in [2.05, 4.69) is 6.07 Å². The van der Waals surface area contributed by atoms with Crippen LogP contribution in [-0.4, -0.2) is 14.2 Å². The largest absolute Gasteiger partial charge is 0.493 e. The summed E-state index contributed by atoms with van der Waals surface area (Å²) in [5.74, 6) is 1.35. The van der Waals surface area contributed by atoms with Gasteiger partial charge >= 0.3 is 0 Å². The number of ether oxygens (including phenoxy) is 2. The van der Waals surface area contributed by atoms with Crippen molar-refractivity contribution in [3.05, 3.63) is 48.0 Å². The Kier molecular flexibility index (Phi) is 4.91. The summed E-state index contributed by atoms with van der Waals surface area (Å²) in [6.07, 6.45) is 0.343. The fourth-order valence-electron chi connectivity index (χ4n) is 1.88. The first kappa shape index (κ1) is 14.3. The van der Waals surface area contributed by atoms with Crippen LogP contribution in [-0.2, 0) is 6.42 Å². The highest BCUT2D eigenvalue weighted by atomic mass is 32.2. The third kappa shape index (κ3) is 3.06. The smallest absolute Gasteiger partial charge is 0.174 e. The lowest BCUT2D eigenvalue weighted by Gasteiger charge is -2.15. The molecule has 0 saturated heterocycles. The van der Waals surface area contributed by atoms with E-state index in [9.17, 15) is 0 Å². The first-order valence-corrected chi connectivity index (χ1v) is 6.95. The van der Waals surface area contributed by atoms with Gasteiger partial charge in [0.1, 0.15) is 0 Å². The fraction of sp³-hybridized carbons (Fsp3) is 0.188. The topological polar surface area (TPSA) is 42.2 Å². The molecule has 3 nitrogen and oxygen atoms in total. The number of nitriles is 1. The second-order valence-electron chi connectivity index (χ2n) is 4.04. The molecular weight excluding hydrogens is 270 g/mol. The molecule has 0 aromatic heterocycles. The normalized spacial score (nSPS) is 9.85. The quantitative estimate of drug-likeness (QED) is 0.835. The van der Waals surface area contributed by atoms with Crippen molar-refractivity contribution in [2.75, 3.05) is 14.2 Å². The monoisotopic (exact) mass is 285 g/mol. The maximum absolute atomic E-state index is 8.97. The molecule has 0 spiro atoms. The van der Waals surface area contributed by atoms with Gasteiger partial charge in [-0.2, -0.15) is 5.26 Å². The standard InChI is InChI=1S/C16H15NO2S/c1-18-14-9-8-12(10-11-17)16(15(14)19-2)20-13-6-4-3-5-7-13/h3-9H,10H2,1-2H3. The molecule has 0 bridgehead atoms. The van der Waals surface area contributed by atoms with Gasteiger partial charge in [-0.25, -0.2) is 0 Å². The van der Waals surface area contributed by atoms with Gasteiger partial charge in [0.2, 0.25) is 0 Å². The van der Waals surface area contributed by atoms with E-state index in [0.29, 0.717) is 17.9 Å². The summed E-state index contributed by atoms with van der Waals surface area (Å²) in [5, 5.41) is 8.97. The third-order valence-electron chi connectivity index (χ3n) is 2.81. The van der Waals surface area contributed by atoms with Crippen LogP contribution in [0.15, 0.2) is 52.3 Å². The highest BCUT2D eigenvalue weighted by molar-refractivity contribution is 7.99. The van der Waals surface area contributed by atoms with Crippen molar-refractivity contribution in [2.45, 2.75) is 16.2 Å². The molecule has 0 aliphatic carbocycles. The number of methoxy groups -OCH3 is 2. The first-order valence-electron chi connectivity index (χ1n) is 6.14. The van der Waals surface area contributed by atoms with Crippen molar-refractivity contribution < 1.29 is 9.47 Å². The number of nitrogens with zero attached hydrogens (tertiary/aromatic N) is 1. The Bertz CT molecular complexity index is 620. The lowest BCUT2D eigenvalue weighted by molar-refractivity contribution is 0.347. The average Bonchev–Trinajstić information content (AvgIpc) is 2.49. The van der Waals surface area contributed by atoms with Crippen molar-refractivity contribution in [1.82, 2.24) is 0 Å². The van der Waals surface area contributed by atoms with Gasteiger partial charge in [0.05, 0.1) is 31.6 Å². The van der Waals surface area contributed by atoms with Gasteiger partial charge in [-0.3, -0.25) is 0 Å². The van der Waals surface area contributed by atoms with E-state index in [4.69, 9.17) is 14.7 Å². The van der Waals surface area contributed by atoms with E-state index in [1.165, 1.54) is 0 Å². The molecule has 0 fully saturated rings. The van der Waals surface area contributed by atoms with E-state index < -0.39 is 0 Å². The Hall–Kier alpha value is -2.12. The summed E-state index contributed by atoms with van der Waals surface area (Å²) in [6.45, 7) is 0. The molecule has 2 aromatic rings. The minimum Gasteiger partial charge on any atom is -0.493 e. The first-order chi connectivity index (χ1) is 9.80. The van der Waals surface area contributed by atoms with Gasteiger partial charge < -0.3 is 9.47 Å². The minimum atomic E-state index is 0.343.